The van der Waals surface area contributed by atoms with Gasteiger partial charge in [-0.1, -0.05) is 66.7 Å². The Morgan fingerprint density at radius 1 is 0.913 bits per heavy atom. The monoisotopic (exact) mass is 307 g/mol. The van der Waals surface area contributed by atoms with Gasteiger partial charge in [-0.15, -0.1) is 0 Å². The predicted molar refractivity (Wildman–Crippen MR) is 93.7 cm³/mol. The van der Waals surface area contributed by atoms with Crippen molar-refractivity contribution in [2.45, 2.75) is 12.2 Å². The molecule has 0 aromatic heterocycles. The fourth-order valence-electron chi connectivity index (χ4n) is 2.76. The van der Waals surface area contributed by atoms with Gasteiger partial charge in [-0.2, -0.15) is 0 Å². The molecule has 3 nitrogen and oxygen atoms in total. The maximum Gasteiger partial charge on any atom is 0.151 e. The van der Waals surface area contributed by atoms with Crippen molar-refractivity contribution >= 4 is 10.8 Å². The standard InChI is InChI=1S/C20H21NO2/c1-21-14-18(22)20(16-9-3-2-4-10-16)23-19-13-7-11-15-8-5-6-12-17(15)19/h2-13,18,20-22H,14H2,1H3/t18-,20+/m1/s1. The summed E-state index contributed by atoms with van der Waals surface area (Å²) in [5.74, 6) is 0.784. The van der Waals surface area contributed by atoms with Crippen molar-refractivity contribution in [1.82, 2.24) is 5.32 Å². The summed E-state index contributed by atoms with van der Waals surface area (Å²) in [6, 6.07) is 23.9. The number of hydrogen-bond donors (Lipinski definition) is 2. The van der Waals surface area contributed by atoms with Crippen LogP contribution in [0.1, 0.15) is 11.7 Å². The molecule has 0 spiro atoms. The Morgan fingerprint density at radius 3 is 2.39 bits per heavy atom. The smallest absolute Gasteiger partial charge is 0.151 e. The van der Waals surface area contributed by atoms with Crippen molar-refractivity contribution in [3.05, 3.63) is 78.4 Å². The van der Waals surface area contributed by atoms with Crippen molar-refractivity contribution < 1.29 is 9.84 Å². The Kier molecular flexibility index (Phi) is 4.91. The van der Waals surface area contributed by atoms with Gasteiger partial charge in [-0.3, -0.25) is 0 Å². The molecule has 0 bridgehead atoms. The molecule has 3 aromatic rings. The Morgan fingerprint density at radius 2 is 1.61 bits per heavy atom. The van der Waals surface area contributed by atoms with E-state index in [1.54, 1.807) is 0 Å². The lowest BCUT2D eigenvalue weighted by atomic mass is 10.0. The molecule has 0 unspecified atom stereocenters. The molecule has 3 aromatic carbocycles. The fraction of sp³-hybridized carbons (Fsp3) is 0.200. The van der Waals surface area contributed by atoms with Crippen LogP contribution in [-0.2, 0) is 0 Å². The van der Waals surface area contributed by atoms with E-state index in [1.165, 1.54) is 0 Å². The zero-order valence-electron chi connectivity index (χ0n) is 13.1. The average molecular weight is 307 g/mol. The first kappa shape index (κ1) is 15.5. The van der Waals surface area contributed by atoms with Crippen molar-refractivity contribution in [3.63, 3.8) is 0 Å². The maximum atomic E-state index is 10.5. The summed E-state index contributed by atoms with van der Waals surface area (Å²) in [4.78, 5) is 0. The van der Waals surface area contributed by atoms with Crippen LogP contribution in [0.2, 0.25) is 0 Å². The minimum atomic E-state index is -0.638. The number of rotatable bonds is 6. The second-order valence-corrected chi connectivity index (χ2v) is 5.55. The quantitative estimate of drug-likeness (QED) is 0.732. The van der Waals surface area contributed by atoms with Crippen molar-refractivity contribution in [2.24, 2.45) is 0 Å². The highest BCUT2D eigenvalue weighted by atomic mass is 16.5. The van der Waals surface area contributed by atoms with Gasteiger partial charge in [0.2, 0.25) is 0 Å². The molecule has 2 atom stereocenters. The Labute approximate surface area is 136 Å². The van der Waals surface area contributed by atoms with Gasteiger partial charge < -0.3 is 15.2 Å². The largest absolute Gasteiger partial charge is 0.482 e. The summed E-state index contributed by atoms with van der Waals surface area (Å²) >= 11 is 0. The summed E-state index contributed by atoms with van der Waals surface area (Å²) in [6.07, 6.45) is -1.06. The number of aliphatic hydroxyl groups excluding tert-OH is 1. The maximum absolute atomic E-state index is 10.5. The summed E-state index contributed by atoms with van der Waals surface area (Å²) in [7, 11) is 1.82. The van der Waals surface area contributed by atoms with Crippen LogP contribution < -0.4 is 10.1 Å². The molecule has 0 amide bonds. The number of ether oxygens (including phenoxy) is 1. The molecule has 0 saturated heterocycles. The van der Waals surface area contributed by atoms with Gasteiger partial charge >= 0.3 is 0 Å². The number of benzene rings is 3. The van der Waals surface area contributed by atoms with Crippen LogP contribution in [0.5, 0.6) is 5.75 Å². The van der Waals surface area contributed by atoms with Gasteiger partial charge in [-0.05, 0) is 24.1 Å². The summed E-state index contributed by atoms with van der Waals surface area (Å²) in [5, 5.41) is 15.7. The van der Waals surface area contributed by atoms with E-state index in [1.807, 2.05) is 67.7 Å². The highest BCUT2D eigenvalue weighted by Gasteiger charge is 2.23. The van der Waals surface area contributed by atoms with Gasteiger partial charge in [0.05, 0.1) is 0 Å². The highest BCUT2D eigenvalue weighted by molar-refractivity contribution is 5.88. The minimum Gasteiger partial charge on any atom is -0.482 e. The lowest BCUT2D eigenvalue weighted by Crippen LogP contribution is -2.32. The fourth-order valence-corrected chi connectivity index (χ4v) is 2.76. The third kappa shape index (κ3) is 3.52. The number of likely N-dealkylation sites (N-methyl/N-ethyl adjacent to an activating group) is 1. The molecular formula is C20H21NO2. The van der Waals surface area contributed by atoms with E-state index in [0.29, 0.717) is 6.54 Å². The Bertz CT molecular complexity index is 752. The van der Waals surface area contributed by atoms with E-state index in [9.17, 15) is 5.11 Å². The average Bonchev–Trinajstić information content (AvgIpc) is 2.60. The van der Waals surface area contributed by atoms with E-state index in [2.05, 4.69) is 17.4 Å². The molecule has 3 heteroatoms. The van der Waals surface area contributed by atoms with E-state index in [-0.39, 0.29) is 0 Å². The minimum absolute atomic E-state index is 0.422. The zero-order valence-corrected chi connectivity index (χ0v) is 13.1. The van der Waals surface area contributed by atoms with Crippen molar-refractivity contribution in [2.75, 3.05) is 13.6 Å². The molecule has 0 aliphatic rings. The third-order valence-electron chi connectivity index (χ3n) is 3.89. The zero-order chi connectivity index (χ0) is 16.1. The molecule has 0 aliphatic carbocycles. The second kappa shape index (κ2) is 7.27. The molecule has 0 radical (unpaired) electrons. The molecule has 0 heterocycles. The van der Waals surface area contributed by atoms with E-state index in [4.69, 9.17) is 4.74 Å². The van der Waals surface area contributed by atoms with Crippen LogP contribution in [0.3, 0.4) is 0 Å². The molecule has 0 saturated carbocycles. The van der Waals surface area contributed by atoms with Crippen LogP contribution in [-0.4, -0.2) is 24.8 Å². The Hall–Kier alpha value is -2.36. The number of fused-ring (bicyclic) bond motifs is 1. The van der Waals surface area contributed by atoms with E-state index < -0.39 is 12.2 Å². The first-order chi connectivity index (χ1) is 11.3. The number of aliphatic hydroxyl groups is 1. The van der Waals surface area contributed by atoms with Gasteiger partial charge in [0.25, 0.3) is 0 Å². The van der Waals surface area contributed by atoms with Crippen LogP contribution in [0.15, 0.2) is 72.8 Å². The first-order valence-electron chi connectivity index (χ1n) is 7.81. The molecule has 0 fully saturated rings. The van der Waals surface area contributed by atoms with Gasteiger partial charge in [0.15, 0.2) is 6.10 Å². The van der Waals surface area contributed by atoms with Crippen LogP contribution in [0.4, 0.5) is 0 Å². The predicted octanol–water partition coefficient (Wildman–Crippen LogP) is 3.54. The first-order valence-corrected chi connectivity index (χ1v) is 7.81. The second-order valence-electron chi connectivity index (χ2n) is 5.55. The topological polar surface area (TPSA) is 41.5 Å². The van der Waals surface area contributed by atoms with E-state index >= 15 is 0 Å². The Balaban J connectivity index is 1.97. The molecule has 3 rings (SSSR count). The van der Waals surface area contributed by atoms with Crippen molar-refractivity contribution in [3.8, 4) is 5.75 Å². The molecule has 23 heavy (non-hydrogen) atoms. The van der Waals surface area contributed by atoms with Crippen LogP contribution in [0.25, 0.3) is 10.8 Å². The molecular weight excluding hydrogens is 286 g/mol. The molecule has 118 valence electrons. The normalized spacial score (nSPS) is 13.7. The number of hydrogen-bond acceptors (Lipinski definition) is 3. The highest BCUT2D eigenvalue weighted by Crippen LogP contribution is 2.31. The SMILES string of the molecule is CNC[C@@H](O)[C@@H](Oc1cccc2ccccc12)c1ccccc1. The summed E-state index contributed by atoms with van der Waals surface area (Å²) in [5.41, 5.74) is 0.961. The van der Waals surface area contributed by atoms with Crippen LogP contribution >= 0.6 is 0 Å². The van der Waals surface area contributed by atoms with Gasteiger partial charge in [0.1, 0.15) is 11.9 Å². The summed E-state index contributed by atoms with van der Waals surface area (Å²) < 4.78 is 6.24. The van der Waals surface area contributed by atoms with Crippen LogP contribution in [0, 0.1) is 0 Å². The third-order valence-corrected chi connectivity index (χ3v) is 3.89. The lowest BCUT2D eigenvalue weighted by Gasteiger charge is -2.25. The van der Waals surface area contributed by atoms with Gasteiger partial charge in [-0.25, -0.2) is 0 Å². The van der Waals surface area contributed by atoms with Gasteiger partial charge in [0, 0.05) is 11.9 Å². The van der Waals surface area contributed by atoms with E-state index in [0.717, 1.165) is 22.1 Å². The number of nitrogens with one attached hydrogen (secondary N) is 1. The van der Waals surface area contributed by atoms with Crippen molar-refractivity contribution in [1.29, 1.82) is 0 Å². The lowest BCUT2D eigenvalue weighted by molar-refractivity contribution is 0.0379. The molecule has 0 aliphatic heterocycles. The molecule has 2 N–H and O–H groups in total. The summed E-state index contributed by atoms with van der Waals surface area (Å²) in [6.45, 7) is 0.463.